The molecule has 0 aliphatic carbocycles. The van der Waals surface area contributed by atoms with E-state index in [0.29, 0.717) is 36.5 Å². The molecule has 2 saturated heterocycles. The SMILES string of the molecule is O=C(NC1CCOCC1)c1ccc(N2CCCC(COc3ccccc3Cl)C2)nn1. The average Bonchev–Trinajstić information content (AvgIpc) is 2.79. The summed E-state index contributed by atoms with van der Waals surface area (Å²) >= 11 is 6.18. The van der Waals surface area contributed by atoms with Gasteiger partial charge in [-0.2, -0.15) is 0 Å². The quantitative estimate of drug-likeness (QED) is 0.757. The molecule has 2 aliphatic rings. The molecular formula is C22H27ClN4O3. The summed E-state index contributed by atoms with van der Waals surface area (Å²) in [4.78, 5) is 14.6. The summed E-state index contributed by atoms with van der Waals surface area (Å²) in [7, 11) is 0. The molecule has 0 bridgehead atoms. The number of ether oxygens (including phenoxy) is 2. The van der Waals surface area contributed by atoms with Crippen LogP contribution in [0.25, 0.3) is 0 Å². The van der Waals surface area contributed by atoms with Gasteiger partial charge in [-0.1, -0.05) is 23.7 Å². The molecule has 2 aliphatic heterocycles. The first-order chi connectivity index (χ1) is 14.7. The van der Waals surface area contributed by atoms with Crippen molar-refractivity contribution in [2.24, 2.45) is 5.92 Å². The molecule has 0 spiro atoms. The molecule has 3 heterocycles. The first-order valence-corrected chi connectivity index (χ1v) is 10.9. The topological polar surface area (TPSA) is 76.6 Å². The minimum atomic E-state index is -0.175. The van der Waals surface area contributed by atoms with Crippen molar-refractivity contribution >= 4 is 23.3 Å². The Hall–Kier alpha value is -2.38. The molecule has 7 nitrogen and oxygen atoms in total. The molecule has 30 heavy (non-hydrogen) atoms. The Morgan fingerprint density at radius 2 is 2.00 bits per heavy atom. The van der Waals surface area contributed by atoms with Crippen LogP contribution in [0.4, 0.5) is 5.82 Å². The van der Waals surface area contributed by atoms with Gasteiger partial charge in [0.2, 0.25) is 0 Å². The summed E-state index contributed by atoms with van der Waals surface area (Å²) in [5.74, 6) is 1.72. The lowest BCUT2D eigenvalue weighted by Gasteiger charge is -2.33. The van der Waals surface area contributed by atoms with Crippen LogP contribution < -0.4 is 15.0 Å². The van der Waals surface area contributed by atoms with E-state index in [4.69, 9.17) is 21.1 Å². The van der Waals surface area contributed by atoms with Gasteiger partial charge >= 0.3 is 0 Å². The van der Waals surface area contributed by atoms with E-state index in [1.807, 2.05) is 30.3 Å². The van der Waals surface area contributed by atoms with E-state index in [2.05, 4.69) is 20.4 Å². The van der Waals surface area contributed by atoms with Crippen LogP contribution in [0.15, 0.2) is 36.4 Å². The highest BCUT2D eigenvalue weighted by Gasteiger charge is 2.23. The number of aromatic nitrogens is 2. The molecule has 1 N–H and O–H groups in total. The summed E-state index contributed by atoms with van der Waals surface area (Å²) in [5.41, 5.74) is 0.348. The standard InChI is InChI=1S/C22H27ClN4O3/c23-18-5-1-2-6-20(18)30-15-16-4-3-11-27(14-16)21-8-7-19(25-26-21)22(28)24-17-9-12-29-13-10-17/h1-2,5-8,16-17H,3-4,9-15H2,(H,24,28). The number of hydrogen-bond donors (Lipinski definition) is 1. The van der Waals surface area contributed by atoms with Gasteiger partial charge in [0, 0.05) is 38.3 Å². The number of para-hydroxylation sites is 1. The molecule has 2 fully saturated rings. The zero-order valence-corrected chi connectivity index (χ0v) is 17.7. The number of nitrogens with one attached hydrogen (secondary N) is 1. The normalized spacial score (nSPS) is 20.0. The van der Waals surface area contributed by atoms with Crippen molar-refractivity contribution in [3.8, 4) is 5.75 Å². The van der Waals surface area contributed by atoms with Crippen molar-refractivity contribution in [2.75, 3.05) is 37.8 Å². The van der Waals surface area contributed by atoms with E-state index < -0.39 is 0 Å². The third kappa shape index (κ3) is 5.40. The number of carbonyl (C=O) groups excluding carboxylic acids is 1. The van der Waals surface area contributed by atoms with Crippen LogP contribution in [0.3, 0.4) is 0 Å². The van der Waals surface area contributed by atoms with E-state index in [9.17, 15) is 4.79 Å². The number of halogens is 1. The number of benzene rings is 1. The number of nitrogens with zero attached hydrogens (tertiary/aromatic N) is 3. The number of anilines is 1. The lowest BCUT2D eigenvalue weighted by Crippen LogP contribution is -2.40. The largest absolute Gasteiger partial charge is 0.492 e. The monoisotopic (exact) mass is 430 g/mol. The maximum absolute atomic E-state index is 12.4. The second kappa shape index (κ2) is 10.1. The van der Waals surface area contributed by atoms with E-state index >= 15 is 0 Å². The molecule has 2 aromatic rings. The number of piperidine rings is 1. The molecule has 8 heteroatoms. The number of amides is 1. The van der Waals surface area contributed by atoms with Crippen molar-refractivity contribution in [3.05, 3.63) is 47.1 Å². The Balaban J connectivity index is 1.31. The molecule has 0 radical (unpaired) electrons. The molecule has 1 atom stereocenters. The average molecular weight is 431 g/mol. The second-order valence-electron chi connectivity index (χ2n) is 7.83. The van der Waals surface area contributed by atoms with Crippen LogP contribution in [0, 0.1) is 5.92 Å². The fourth-order valence-electron chi connectivity index (χ4n) is 3.89. The van der Waals surface area contributed by atoms with Crippen LogP contribution >= 0.6 is 11.6 Å². The first kappa shape index (κ1) is 20.9. The molecule has 1 aromatic carbocycles. The van der Waals surface area contributed by atoms with Gasteiger partial charge in [-0.05, 0) is 49.9 Å². The van der Waals surface area contributed by atoms with E-state index in [1.165, 1.54) is 0 Å². The van der Waals surface area contributed by atoms with Crippen LogP contribution in [-0.4, -0.2) is 55.1 Å². The maximum atomic E-state index is 12.4. The van der Waals surface area contributed by atoms with Crippen molar-refractivity contribution in [2.45, 2.75) is 31.7 Å². The predicted molar refractivity (Wildman–Crippen MR) is 115 cm³/mol. The third-order valence-corrected chi connectivity index (χ3v) is 5.91. The molecule has 160 valence electrons. The predicted octanol–water partition coefficient (Wildman–Crippen LogP) is 3.33. The summed E-state index contributed by atoms with van der Waals surface area (Å²) in [5, 5.41) is 12.1. The van der Waals surface area contributed by atoms with Gasteiger partial charge in [0.1, 0.15) is 5.75 Å². The maximum Gasteiger partial charge on any atom is 0.272 e. The van der Waals surface area contributed by atoms with Crippen LogP contribution in [0.2, 0.25) is 5.02 Å². The Morgan fingerprint density at radius 3 is 2.77 bits per heavy atom. The minimum absolute atomic E-state index is 0.147. The Morgan fingerprint density at radius 1 is 1.17 bits per heavy atom. The van der Waals surface area contributed by atoms with Crippen LogP contribution in [0.1, 0.15) is 36.2 Å². The number of hydrogen-bond acceptors (Lipinski definition) is 6. The fraction of sp³-hybridized carbons (Fsp3) is 0.500. The lowest BCUT2D eigenvalue weighted by atomic mass is 9.99. The fourth-order valence-corrected chi connectivity index (χ4v) is 4.09. The Bertz CT molecular complexity index is 843. The van der Waals surface area contributed by atoms with Crippen molar-refractivity contribution in [3.63, 3.8) is 0 Å². The van der Waals surface area contributed by atoms with Gasteiger partial charge in [0.15, 0.2) is 11.5 Å². The summed E-state index contributed by atoms with van der Waals surface area (Å²) in [6.45, 7) is 3.74. The minimum Gasteiger partial charge on any atom is -0.492 e. The zero-order chi connectivity index (χ0) is 20.8. The van der Waals surface area contributed by atoms with Gasteiger partial charge in [0.05, 0.1) is 11.6 Å². The lowest BCUT2D eigenvalue weighted by molar-refractivity contribution is 0.0693. The summed E-state index contributed by atoms with van der Waals surface area (Å²) in [6, 6.07) is 11.3. The molecule has 1 aromatic heterocycles. The Labute approximate surface area is 181 Å². The van der Waals surface area contributed by atoms with Gasteiger partial charge in [-0.25, -0.2) is 0 Å². The molecule has 4 rings (SSSR count). The smallest absolute Gasteiger partial charge is 0.272 e. The van der Waals surface area contributed by atoms with Crippen LogP contribution in [0.5, 0.6) is 5.75 Å². The van der Waals surface area contributed by atoms with Crippen molar-refractivity contribution in [1.29, 1.82) is 0 Å². The highest BCUT2D eigenvalue weighted by atomic mass is 35.5. The molecular weight excluding hydrogens is 404 g/mol. The highest BCUT2D eigenvalue weighted by molar-refractivity contribution is 6.32. The zero-order valence-electron chi connectivity index (χ0n) is 16.9. The number of carbonyl (C=O) groups is 1. The molecule has 1 amide bonds. The second-order valence-corrected chi connectivity index (χ2v) is 8.24. The van der Waals surface area contributed by atoms with E-state index in [0.717, 1.165) is 50.3 Å². The summed E-state index contributed by atoms with van der Waals surface area (Å²) < 4.78 is 11.3. The van der Waals surface area contributed by atoms with Crippen molar-refractivity contribution < 1.29 is 14.3 Å². The van der Waals surface area contributed by atoms with Crippen molar-refractivity contribution in [1.82, 2.24) is 15.5 Å². The third-order valence-electron chi connectivity index (χ3n) is 5.59. The highest BCUT2D eigenvalue weighted by Crippen LogP contribution is 2.26. The summed E-state index contributed by atoms with van der Waals surface area (Å²) in [6.07, 6.45) is 3.83. The Kier molecular flexibility index (Phi) is 7.02. The number of rotatable bonds is 6. The van der Waals surface area contributed by atoms with Gasteiger partial charge in [-0.3, -0.25) is 4.79 Å². The molecule has 1 unspecified atom stereocenters. The van der Waals surface area contributed by atoms with Gasteiger partial charge < -0.3 is 19.7 Å². The van der Waals surface area contributed by atoms with Gasteiger partial charge in [-0.15, -0.1) is 10.2 Å². The molecule has 0 saturated carbocycles. The van der Waals surface area contributed by atoms with Crippen LogP contribution in [-0.2, 0) is 4.74 Å². The van der Waals surface area contributed by atoms with E-state index in [-0.39, 0.29) is 11.9 Å². The van der Waals surface area contributed by atoms with Gasteiger partial charge in [0.25, 0.3) is 5.91 Å². The first-order valence-electron chi connectivity index (χ1n) is 10.5. The van der Waals surface area contributed by atoms with E-state index in [1.54, 1.807) is 6.07 Å².